The van der Waals surface area contributed by atoms with E-state index < -0.39 is 0 Å². The number of thiophene rings is 1. The molecule has 0 atom stereocenters. The molecule has 1 aromatic carbocycles. The Labute approximate surface area is 125 Å². The molecule has 2 aromatic rings. The van der Waals surface area contributed by atoms with Crippen LogP contribution in [0.3, 0.4) is 0 Å². The van der Waals surface area contributed by atoms with Crippen LogP contribution in [0.4, 0.5) is 0 Å². The number of carbonyl (C=O) groups excluding carboxylic acids is 1. The molecule has 0 unspecified atom stereocenters. The molecule has 1 aromatic heterocycles. The lowest BCUT2D eigenvalue weighted by molar-refractivity contribution is -0.118. The number of carbonyl (C=O) groups is 1. The maximum absolute atomic E-state index is 11.8. The summed E-state index contributed by atoms with van der Waals surface area (Å²) in [4.78, 5) is 11.8. The normalized spacial score (nSPS) is 12.4. The summed E-state index contributed by atoms with van der Waals surface area (Å²) in [7, 11) is 0. The number of benzene rings is 1. The highest BCUT2D eigenvalue weighted by Gasteiger charge is 2.13. The molecule has 104 valence electrons. The Bertz CT molecular complexity index is 598. The minimum atomic E-state index is 0.0288. The Morgan fingerprint density at radius 3 is 3.05 bits per heavy atom. The summed E-state index contributed by atoms with van der Waals surface area (Å²) >= 11 is 3.20. The lowest BCUT2D eigenvalue weighted by Gasteiger charge is -2.05. The topological polar surface area (TPSA) is 47.6 Å². The summed E-state index contributed by atoms with van der Waals surface area (Å²) in [6.45, 7) is 0.767. The molecular formula is C14H13NO3S2. The quantitative estimate of drug-likeness (QED) is 0.863. The second-order valence-electron chi connectivity index (χ2n) is 4.19. The summed E-state index contributed by atoms with van der Waals surface area (Å²) in [6.07, 6.45) is 0. The average Bonchev–Trinajstić information content (AvgIpc) is 3.13. The van der Waals surface area contributed by atoms with E-state index in [1.165, 1.54) is 0 Å². The Hall–Kier alpha value is -1.66. The maximum atomic E-state index is 11.8. The van der Waals surface area contributed by atoms with E-state index in [9.17, 15) is 4.79 Å². The second-order valence-corrected chi connectivity index (χ2v) is 6.41. The van der Waals surface area contributed by atoms with Gasteiger partial charge in [-0.2, -0.15) is 0 Å². The average molecular weight is 307 g/mol. The molecule has 6 heteroatoms. The summed E-state index contributed by atoms with van der Waals surface area (Å²) in [5, 5.41) is 4.91. The van der Waals surface area contributed by atoms with E-state index in [0.717, 1.165) is 21.3 Å². The summed E-state index contributed by atoms with van der Waals surface area (Å²) < 4.78 is 11.7. The first-order valence-corrected chi connectivity index (χ1v) is 7.99. The summed E-state index contributed by atoms with van der Waals surface area (Å²) in [6, 6.07) is 9.69. The predicted molar refractivity (Wildman–Crippen MR) is 79.5 cm³/mol. The van der Waals surface area contributed by atoms with Crippen molar-refractivity contribution in [3.05, 3.63) is 41.3 Å². The van der Waals surface area contributed by atoms with Gasteiger partial charge in [-0.05, 0) is 29.1 Å². The molecule has 0 bridgehead atoms. The van der Waals surface area contributed by atoms with E-state index in [0.29, 0.717) is 12.3 Å². The van der Waals surface area contributed by atoms with Gasteiger partial charge in [-0.15, -0.1) is 23.1 Å². The molecule has 0 radical (unpaired) electrons. The highest BCUT2D eigenvalue weighted by molar-refractivity contribution is 8.01. The zero-order chi connectivity index (χ0) is 13.8. The molecule has 1 aliphatic rings. The Morgan fingerprint density at radius 2 is 2.20 bits per heavy atom. The number of fused-ring (bicyclic) bond motifs is 1. The molecule has 20 heavy (non-hydrogen) atoms. The smallest absolute Gasteiger partial charge is 0.231 e. The zero-order valence-electron chi connectivity index (χ0n) is 10.6. The van der Waals surface area contributed by atoms with Crippen LogP contribution >= 0.6 is 23.1 Å². The fourth-order valence-electron chi connectivity index (χ4n) is 1.78. The molecule has 0 fully saturated rings. The van der Waals surface area contributed by atoms with E-state index in [2.05, 4.69) is 5.32 Å². The van der Waals surface area contributed by atoms with E-state index in [1.807, 2.05) is 35.7 Å². The van der Waals surface area contributed by atoms with Crippen molar-refractivity contribution in [3.63, 3.8) is 0 Å². The number of thioether (sulfide) groups is 1. The van der Waals surface area contributed by atoms with E-state index >= 15 is 0 Å². The number of hydrogen-bond acceptors (Lipinski definition) is 5. The van der Waals surface area contributed by atoms with Crippen LogP contribution in [0.1, 0.15) is 5.56 Å². The lowest BCUT2D eigenvalue weighted by atomic mass is 10.2. The minimum Gasteiger partial charge on any atom is -0.454 e. The monoisotopic (exact) mass is 307 g/mol. The number of nitrogens with one attached hydrogen (secondary N) is 1. The van der Waals surface area contributed by atoms with Gasteiger partial charge in [0.2, 0.25) is 12.7 Å². The zero-order valence-corrected chi connectivity index (χ0v) is 12.3. The Kier molecular flexibility index (Phi) is 4.13. The van der Waals surface area contributed by atoms with Crippen molar-refractivity contribution in [2.45, 2.75) is 10.8 Å². The van der Waals surface area contributed by atoms with Gasteiger partial charge < -0.3 is 14.8 Å². The fourth-order valence-corrected chi connectivity index (χ4v) is 3.40. The third kappa shape index (κ3) is 3.26. The van der Waals surface area contributed by atoms with Crippen LogP contribution in [-0.2, 0) is 11.3 Å². The lowest BCUT2D eigenvalue weighted by Crippen LogP contribution is -2.24. The van der Waals surface area contributed by atoms with Crippen LogP contribution in [0.5, 0.6) is 11.5 Å². The van der Waals surface area contributed by atoms with Gasteiger partial charge in [0.1, 0.15) is 0 Å². The maximum Gasteiger partial charge on any atom is 0.231 e. The third-order valence-electron chi connectivity index (χ3n) is 2.77. The molecule has 0 saturated heterocycles. The van der Waals surface area contributed by atoms with Crippen LogP contribution in [0, 0.1) is 0 Å². The number of ether oxygens (including phenoxy) is 2. The van der Waals surface area contributed by atoms with Gasteiger partial charge in [-0.25, -0.2) is 0 Å². The van der Waals surface area contributed by atoms with E-state index in [4.69, 9.17) is 9.47 Å². The molecule has 3 rings (SSSR count). The van der Waals surface area contributed by atoms with Crippen molar-refractivity contribution < 1.29 is 14.3 Å². The third-order valence-corrected chi connectivity index (χ3v) is 4.90. The van der Waals surface area contributed by atoms with Crippen LogP contribution in [0.25, 0.3) is 0 Å². The largest absolute Gasteiger partial charge is 0.454 e. The van der Waals surface area contributed by atoms with Gasteiger partial charge in [-0.3, -0.25) is 4.79 Å². The summed E-state index contributed by atoms with van der Waals surface area (Å²) in [5.74, 6) is 1.96. The van der Waals surface area contributed by atoms with Gasteiger partial charge in [0.05, 0.1) is 9.96 Å². The Morgan fingerprint density at radius 1 is 1.30 bits per heavy atom. The standard InChI is InChI=1S/C14H13NO3S2/c16-13(8-20-14-2-1-5-19-14)15-7-10-3-4-11-12(6-10)18-9-17-11/h1-6H,7-9H2,(H,15,16). The fraction of sp³-hybridized carbons (Fsp3) is 0.214. The molecule has 4 nitrogen and oxygen atoms in total. The van der Waals surface area contributed by atoms with Crippen molar-refractivity contribution in [2.75, 3.05) is 12.5 Å². The molecule has 1 N–H and O–H groups in total. The highest BCUT2D eigenvalue weighted by atomic mass is 32.2. The van der Waals surface area contributed by atoms with Gasteiger partial charge in [-0.1, -0.05) is 12.1 Å². The van der Waals surface area contributed by atoms with Crippen molar-refractivity contribution in [1.29, 1.82) is 0 Å². The first-order valence-electron chi connectivity index (χ1n) is 6.13. The predicted octanol–water partition coefficient (Wildman–Crippen LogP) is 2.89. The van der Waals surface area contributed by atoms with Crippen LogP contribution < -0.4 is 14.8 Å². The first kappa shape index (κ1) is 13.3. The molecule has 2 heterocycles. The van der Waals surface area contributed by atoms with Crippen molar-refractivity contribution in [1.82, 2.24) is 5.32 Å². The van der Waals surface area contributed by atoms with E-state index in [-0.39, 0.29) is 12.7 Å². The number of hydrogen-bond donors (Lipinski definition) is 1. The molecule has 1 aliphatic heterocycles. The van der Waals surface area contributed by atoms with Crippen LogP contribution in [0.2, 0.25) is 0 Å². The SMILES string of the molecule is O=C(CSc1cccs1)NCc1ccc2c(c1)OCO2. The van der Waals surface area contributed by atoms with Crippen molar-refractivity contribution >= 4 is 29.0 Å². The van der Waals surface area contributed by atoms with Crippen LogP contribution in [-0.4, -0.2) is 18.5 Å². The molecule has 1 amide bonds. The van der Waals surface area contributed by atoms with Gasteiger partial charge >= 0.3 is 0 Å². The number of rotatable bonds is 5. The minimum absolute atomic E-state index is 0.0288. The molecular weight excluding hydrogens is 294 g/mol. The van der Waals surface area contributed by atoms with Gasteiger partial charge in [0, 0.05) is 6.54 Å². The second kappa shape index (κ2) is 6.19. The van der Waals surface area contributed by atoms with Gasteiger partial charge in [0.25, 0.3) is 0 Å². The molecule has 0 spiro atoms. The Balaban J connectivity index is 1.48. The number of amides is 1. The first-order chi connectivity index (χ1) is 9.81. The molecule has 0 saturated carbocycles. The molecule has 0 aliphatic carbocycles. The van der Waals surface area contributed by atoms with E-state index in [1.54, 1.807) is 23.1 Å². The highest BCUT2D eigenvalue weighted by Crippen LogP contribution is 2.32. The van der Waals surface area contributed by atoms with Crippen LogP contribution in [0.15, 0.2) is 39.9 Å². The van der Waals surface area contributed by atoms with Crippen molar-refractivity contribution in [3.8, 4) is 11.5 Å². The van der Waals surface area contributed by atoms with Crippen molar-refractivity contribution in [2.24, 2.45) is 0 Å². The summed E-state index contributed by atoms with van der Waals surface area (Å²) in [5.41, 5.74) is 1.00. The van der Waals surface area contributed by atoms with Gasteiger partial charge in [0.15, 0.2) is 11.5 Å².